The average molecular weight is 266 g/mol. The Morgan fingerprint density at radius 2 is 2.22 bits per heavy atom. The molecule has 18 heavy (non-hydrogen) atoms. The predicted octanol–water partition coefficient (Wildman–Crippen LogP) is 1.87. The van der Waals surface area contributed by atoms with Crippen molar-refractivity contribution in [3.8, 4) is 0 Å². The Labute approximate surface area is 101 Å². The van der Waals surface area contributed by atoms with Crippen molar-refractivity contribution < 1.29 is 27.8 Å². The van der Waals surface area contributed by atoms with E-state index in [2.05, 4.69) is 9.84 Å². The highest BCUT2D eigenvalue weighted by Crippen LogP contribution is 2.48. The summed E-state index contributed by atoms with van der Waals surface area (Å²) in [6, 6.07) is 0. The second-order valence-corrected chi connectivity index (χ2v) is 4.40. The predicted molar refractivity (Wildman–Crippen MR) is 54.6 cm³/mol. The lowest BCUT2D eigenvalue weighted by atomic mass is 9.80. The van der Waals surface area contributed by atoms with Gasteiger partial charge in [-0.1, -0.05) is 6.42 Å². The number of nitrogens with zero attached hydrogens (tertiary/aromatic N) is 2. The highest BCUT2D eigenvalue weighted by molar-refractivity contribution is 5.92. The number of methoxy groups -OCH3 is 1. The summed E-state index contributed by atoms with van der Waals surface area (Å²) >= 11 is 0. The van der Waals surface area contributed by atoms with Gasteiger partial charge in [0.05, 0.1) is 13.0 Å². The average Bonchev–Trinajstić information content (AvgIpc) is 2.63. The fourth-order valence-electron chi connectivity index (χ4n) is 2.49. The Balaban J connectivity index is 2.43. The molecule has 0 radical (unpaired) electrons. The normalized spacial score (nSPS) is 31.9. The van der Waals surface area contributed by atoms with Crippen LogP contribution in [0, 0.1) is 5.92 Å². The van der Waals surface area contributed by atoms with Gasteiger partial charge in [-0.25, -0.2) is 4.79 Å². The SMILES string of the molecule is COC(=O)N1N=C2CCCC[C@H]2[C@]1(O)C(F)(F)F. The van der Waals surface area contributed by atoms with Gasteiger partial charge in [0.25, 0.3) is 5.72 Å². The summed E-state index contributed by atoms with van der Waals surface area (Å²) in [4.78, 5) is 11.4. The number of amides is 1. The number of carbonyl (C=O) groups excluding carboxylic acids is 1. The molecule has 0 unspecified atom stereocenters. The summed E-state index contributed by atoms with van der Waals surface area (Å²) in [5.41, 5.74) is -3.07. The third kappa shape index (κ3) is 1.66. The van der Waals surface area contributed by atoms with Crippen molar-refractivity contribution in [2.45, 2.75) is 37.6 Å². The number of hydrogen-bond acceptors (Lipinski definition) is 4. The topological polar surface area (TPSA) is 62.1 Å². The van der Waals surface area contributed by atoms with Crippen LogP contribution in [0.25, 0.3) is 0 Å². The molecule has 8 heteroatoms. The fraction of sp³-hybridized carbons (Fsp3) is 0.800. The first-order chi connectivity index (χ1) is 8.32. The van der Waals surface area contributed by atoms with Gasteiger partial charge in [0.2, 0.25) is 0 Å². The second-order valence-electron chi connectivity index (χ2n) is 4.40. The third-order valence-corrected chi connectivity index (χ3v) is 3.38. The fourth-order valence-corrected chi connectivity index (χ4v) is 2.49. The second kappa shape index (κ2) is 4.11. The van der Waals surface area contributed by atoms with E-state index in [-0.39, 0.29) is 17.1 Å². The molecule has 1 saturated carbocycles. The molecule has 2 aliphatic rings. The number of hydrazone groups is 1. The van der Waals surface area contributed by atoms with Crippen molar-refractivity contribution in [3.63, 3.8) is 0 Å². The van der Waals surface area contributed by atoms with Crippen LogP contribution in [0.5, 0.6) is 0 Å². The van der Waals surface area contributed by atoms with Crippen LogP contribution in [0.2, 0.25) is 0 Å². The lowest BCUT2D eigenvalue weighted by molar-refractivity contribution is -0.314. The van der Waals surface area contributed by atoms with E-state index >= 15 is 0 Å². The van der Waals surface area contributed by atoms with Crippen molar-refractivity contribution >= 4 is 11.8 Å². The molecule has 0 aromatic rings. The van der Waals surface area contributed by atoms with E-state index in [1.165, 1.54) is 0 Å². The van der Waals surface area contributed by atoms with E-state index in [1.54, 1.807) is 0 Å². The van der Waals surface area contributed by atoms with Gasteiger partial charge < -0.3 is 9.84 Å². The van der Waals surface area contributed by atoms with Crippen LogP contribution >= 0.6 is 0 Å². The van der Waals surface area contributed by atoms with Crippen LogP contribution in [0.1, 0.15) is 25.7 Å². The molecule has 1 aliphatic heterocycles. The van der Waals surface area contributed by atoms with Crippen LogP contribution in [0.15, 0.2) is 5.10 Å². The maximum atomic E-state index is 13.1. The van der Waals surface area contributed by atoms with E-state index in [9.17, 15) is 23.1 Å². The molecule has 0 bridgehead atoms. The number of rotatable bonds is 0. The standard InChI is InChI=1S/C10H13F3N2O3/c1-18-8(16)15-9(17,10(11,12)13)6-4-2-3-5-7(6)14-15/h6,17H,2-5H2,1H3/t6-,9+/m1/s1. The molecule has 1 aliphatic carbocycles. The van der Waals surface area contributed by atoms with Crippen molar-refractivity contribution in [1.82, 2.24) is 5.01 Å². The largest absolute Gasteiger partial charge is 0.451 e. The summed E-state index contributed by atoms with van der Waals surface area (Å²) in [5.74, 6) is -1.19. The van der Waals surface area contributed by atoms with Gasteiger partial charge in [-0.2, -0.15) is 23.3 Å². The Morgan fingerprint density at radius 3 is 2.78 bits per heavy atom. The van der Waals surface area contributed by atoms with Gasteiger partial charge in [0.1, 0.15) is 0 Å². The number of alkyl halides is 3. The molecule has 2 atom stereocenters. The summed E-state index contributed by atoms with van der Waals surface area (Å²) in [6.07, 6.45) is -4.50. The molecule has 1 fully saturated rings. The minimum atomic E-state index is -4.98. The molecule has 1 N–H and O–H groups in total. The Kier molecular flexibility index (Phi) is 3.00. The first kappa shape index (κ1) is 13.1. The summed E-state index contributed by atoms with van der Waals surface area (Å²) in [7, 11) is 0.946. The van der Waals surface area contributed by atoms with Gasteiger partial charge in [-0.05, 0) is 19.3 Å². The molecule has 1 heterocycles. The molecule has 2 rings (SSSR count). The van der Waals surface area contributed by atoms with Gasteiger partial charge in [0, 0.05) is 5.71 Å². The highest BCUT2D eigenvalue weighted by Gasteiger charge is 2.68. The van der Waals surface area contributed by atoms with Crippen LogP contribution in [-0.4, -0.2) is 40.9 Å². The van der Waals surface area contributed by atoms with Gasteiger partial charge >= 0.3 is 12.3 Å². The lowest BCUT2D eigenvalue weighted by Crippen LogP contribution is -2.61. The summed E-state index contributed by atoms with van der Waals surface area (Å²) in [6.45, 7) is 0. The zero-order valence-electron chi connectivity index (χ0n) is 9.70. The Hall–Kier alpha value is -1.31. The van der Waals surface area contributed by atoms with E-state index in [4.69, 9.17) is 0 Å². The van der Waals surface area contributed by atoms with E-state index in [1.807, 2.05) is 0 Å². The zero-order chi connectivity index (χ0) is 13.6. The van der Waals surface area contributed by atoms with Crippen LogP contribution in [0.4, 0.5) is 18.0 Å². The summed E-state index contributed by atoms with van der Waals surface area (Å²) in [5, 5.41) is 13.6. The van der Waals surface area contributed by atoms with Crippen LogP contribution in [0.3, 0.4) is 0 Å². The van der Waals surface area contributed by atoms with Gasteiger partial charge in [0.15, 0.2) is 0 Å². The maximum Gasteiger partial charge on any atom is 0.439 e. The van der Waals surface area contributed by atoms with E-state index < -0.39 is 23.9 Å². The number of halogens is 3. The maximum absolute atomic E-state index is 13.1. The zero-order valence-corrected chi connectivity index (χ0v) is 9.70. The van der Waals surface area contributed by atoms with Gasteiger partial charge in [-0.15, -0.1) is 0 Å². The molecular formula is C10H13F3N2O3. The number of fused-ring (bicyclic) bond motifs is 1. The summed E-state index contributed by atoms with van der Waals surface area (Å²) < 4.78 is 43.5. The molecule has 0 saturated heterocycles. The first-order valence-electron chi connectivity index (χ1n) is 5.57. The van der Waals surface area contributed by atoms with Crippen LogP contribution in [-0.2, 0) is 4.74 Å². The monoisotopic (exact) mass is 266 g/mol. The Morgan fingerprint density at radius 1 is 1.56 bits per heavy atom. The minimum Gasteiger partial charge on any atom is -0.451 e. The Bertz CT molecular complexity index is 396. The third-order valence-electron chi connectivity index (χ3n) is 3.38. The van der Waals surface area contributed by atoms with Gasteiger partial charge in [-0.3, -0.25) is 0 Å². The molecule has 0 spiro atoms. The van der Waals surface area contributed by atoms with Crippen molar-refractivity contribution in [1.29, 1.82) is 0 Å². The minimum absolute atomic E-state index is 0.0261. The number of hydrogen-bond donors (Lipinski definition) is 1. The number of carbonyl (C=O) groups is 1. The molecule has 0 aromatic carbocycles. The molecule has 5 nitrogen and oxygen atoms in total. The van der Waals surface area contributed by atoms with Crippen molar-refractivity contribution in [3.05, 3.63) is 0 Å². The first-order valence-corrected chi connectivity index (χ1v) is 5.57. The van der Waals surface area contributed by atoms with E-state index in [0.29, 0.717) is 19.3 Å². The highest BCUT2D eigenvalue weighted by atomic mass is 19.4. The molecule has 102 valence electrons. The van der Waals surface area contributed by atoms with Crippen molar-refractivity contribution in [2.75, 3.05) is 7.11 Å². The molecular weight excluding hydrogens is 253 g/mol. The molecule has 1 amide bonds. The van der Waals surface area contributed by atoms with E-state index in [0.717, 1.165) is 7.11 Å². The number of aliphatic hydroxyl groups is 1. The molecule has 0 aromatic heterocycles. The number of ether oxygens (including phenoxy) is 1. The van der Waals surface area contributed by atoms with Crippen LogP contribution < -0.4 is 0 Å². The van der Waals surface area contributed by atoms with Crippen molar-refractivity contribution in [2.24, 2.45) is 11.0 Å². The lowest BCUT2D eigenvalue weighted by Gasteiger charge is -2.37. The smallest absolute Gasteiger partial charge is 0.439 e. The quantitative estimate of drug-likeness (QED) is 0.728.